The van der Waals surface area contributed by atoms with Crippen LogP contribution in [0.15, 0.2) is 71.2 Å². The zero-order chi connectivity index (χ0) is 17.6. The lowest BCUT2D eigenvalue weighted by Crippen LogP contribution is -2.00. The number of rotatable bonds is 6. The second kappa shape index (κ2) is 8.37. The topological polar surface area (TPSA) is 21.3 Å². The second-order valence-electron chi connectivity index (χ2n) is 5.54. The molecule has 0 heterocycles. The molecular formula is C20H16BrClFNO. The van der Waals surface area contributed by atoms with Gasteiger partial charge in [-0.25, -0.2) is 4.39 Å². The van der Waals surface area contributed by atoms with Crippen molar-refractivity contribution >= 4 is 33.2 Å². The van der Waals surface area contributed by atoms with Crippen LogP contribution in [-0.2, 0) is 13.2 Å². The summed E-state index contributed by atoms with van der Waals surface area (Å²) in [5.41, 5.74) is 2.88. The van der Waals surface area contributed by atoms with Crippen molar-refractivity contribution in [1.29, 1.82) is 0 Å². The smallest absolute Gasteiger partial charge is 0.123 e. The molecule has 3 rings (SSSR count). The molecule has 0 saturated carbocycles. The molecule has 0 spiro atoms. The van der Waals surface area contributed by atoms with E-state index in [0.29, 0.717) is 18.2 Å². The lowest BCUT2D eigenvalue weighted by molar-refractivity contribution is 0.305. The molecule has 25 heavy (non-hydrogen) atoms. The van der Waals surface area contributed by atoms with E-state index in [2.05, 4.69) is 21.2 Å². The summed E-state index contributed by atoms with van der Waals surface area (Å²) in [7, 11) is 0. The zero-order valence-electron chi connectivity index (χ0n) is 13.3. The maximum atomic E-state index is 13.1. The molecule has 0 radical (unpaired) electrons. The van der Waals surface area contributed by atoms with Crippen molar-refractivity contribution < 1.29 is 9.13 Å². The van der Waals surface area contributed by atoms with Crippen molar-refractivity contribution in [2.24, 2.45) is 0 Å². The molecule has 2 nitrogen and oxygen atoms in total. The van der Waals surface area contributed by atoms with Crippen LogP contribution < -0.4 is 10.1 Å². The number of hydrogen-bond donors (Lipinski definition) is 1. The van der Waals surface area contributed by atoms with Gasteiger partial charge in [0.25, 0.3) is 0 Å². The van der Waals surface area contributed by atoms with Crippen LogP contribution in [0.2, 0.25) is 5.02 Å². The van der Waals surface area contributed by atoms with Crippen molar-refractivity contribution in [2.75, 3.05) is 5.32 Å². The monoisotopic (exact) mass is 419 g/mol. The molecular weight excluding hydrogens is 405 g/mol. The van der Waals surface area contributed by atoms with Gasteiger partial charge >= 0.3 is 0 Å². The molecule has 3 aromatic carbocycles. The number of nitrogens with one attached hydrogen (secondary N) is 1. The molecule has 0 amide bonds. The number of benzene rings is 3. The maximum Gasteiger partial charge on any atom is 0.123 e. The third kappa shape index (κ3) is 5.21. The van der Waals surface area contributed by atoms with E-state index in [1.807, 2.05) is 48.5 Å². The molecule has 128 valence electrons. The van der Waals surface area contributed by atoms with E-state index < -0.39 is 0 Å². The quantitative estimate of drug-likeness (QED) is 0.496. The fourth-order valence-corrected chi connectivity index (χ4v) is 2.73. The highest BCUT2D eigenvalue weighted by atomic mass is 79.9. The van der Waals surface area contributed by atoms with Gasteiger partial charge in [0.15, 0.2) is 0 Å². The average Bonchev–Trinajstić information content (AvgIpc) is 2.62. The molecule has 0 saturated heterocycles. The first-order valence-corrected chi connectivity index (χ1v) is 8.92. The average molecular weight is 421 g/mol. The van der Waals surface area contributed by atoms with Crippen LogP contribution in [0.25, 0.3) is 0 Å². The minimum absolute atomic E-state index is 0.254. The summed E-state index contributed by atoms with van der Waals surface area (Å²) in [4.78, 5) is 0. The molecule has 0 bridgehead atoms. The molecule has 0 aliphatic heterocycles. The van der Waals surface area contributed by atoms with Gasteiger partial charge in [-0.15, -0.1) is 0 Å². The summed E-state index contributed by atoms with van der Waals surface area (Å²) in [5, 5.41) is 4.00. The van der Waals surface area contributed by atoms with Gasteiger partial charge in [0, 0.05) is 16.7 Å². The van der Waals surface area contributed by atoms with E-state index in [4.69, 9.17) is 16.3 Å². The van der Waals surface area contributed by atoms with Gasteiger partial charge in [0.1, 0.15) is 18.2 Å². The van der Waals surface area contributed by atoms with Crippen LogP contribution >= 0.6 is 27.5 Å². The van der Waals surface area contributed by atoms with E-state index in [1.54, 1.807) is 6.07 Å². The van der Waals surface area contributed by atoms with Gasteiger partial charge in [0.2, 0.25) is 0 Å². The lowest BCUT2D eigenvalue weighted by Gasteiger charge is -2.10. The van der Waals surface area contributed by atoms with Crippen LogP contribution in [0.4, 0.5) is 10.1 Å². The molecule has 0 aromatic heterocycles. The van der Waals surface area contributed by atoms with E-state index in [9.17, 15) is 4.39 Å². The summed E-state index contributed by atoms with van der Waals surface area (Å²) >= 11 is 9.46. The van der Waals surface area contributed by atoms with Crippen LogP contribution in [0.5, 0.6) is 5.75 Å². The predicted molar refractivity (Wildman–Crippen MR) is 104 cm³/mol. The largest absolute Gasteiger partial charge is 0.489 e. The van der Waals surface area contributed by atoms with Crippen LogP contribution in [0, 0.1) is 5.82 Å². The Labute approximate surface area is 159 Å². The van der Waals surface area contributed by atoms with Crippen molar-refractivity contribution in [1.82, 2.24) is 0 Å². The summed E-state index contributed by atoms with van der Waals surface area (Å²) < 4.78 is 19.7. The Bertz CT molecular complexity index is 855. The number of halogens is 3. The minimum Gasteiger partial charge on any atom is -0.489 e. The fourth-order valence-electron chi connectivity index (χ4n) is 2.31. The maximum absolute atomic E-state index is 13.1. The van der Waals surface area contributed by atoms with Crippen molar-refractivity contribution in [3.8, 4) is 5.75 Å². The van der Waals surface area contributed by atoms with Gasteiger partial charge in [-0.1, -0.05) is 35.9 Å². The molecule has 0 fully saturated rings. The molecule has 0 atom stereocenters. The molecule has 0 unspecified atom stereocenters. The second-order valence-corrected chi connectivity index (χ2v) is 6.81. The van der Waals surface area contributed by atoms with Crippen LogP contribution in [0.3, 0.4) is 0 Å². The molecule has 3 aromatic rings. The van der Waals surface area contributed by atoms with Gasteiger partial charge in [-0.2, -0.15) is 0 Å². The molecule has 0 aliphatic rings. The SMILES string of the molecule is Fc1cccc(COc2ccc(CNc3ccc(Br)c(Cl)c3)cc2)c1. The third-order valence-electron chi connectivity index (χ3n) is 3.63. The van der Waals surface area contributed by atoms with Crippen LogP contribution in [0.1, 0.15) is 11.1 Å². The lowest BCUT2D eigenvalue weighted by atomic mass is 10.2. The normalized spacial score (nSPS) is 10.5. The summed E-state index contributed by atoms with van der Waals surface area (Å²) in [6, 6.07) is 20.0. The number of hydrogen-bond acceptors (Lipinski definition) is 2. The first kappa shape index (κ1) is 17.8. The summed E-state index contributed by atoms with van der Waals surface area (Å²) in [5.74, 6) is 0.496. The van der Waals surface area contributed by atoms with Crippen LogP contribution in [-0.4, -0.2) is 0 Å². The Morgan fingerprint density at radius 1 is 0.960 bits per heavy atom. The van der Waals surface area contributed by atoms with E-state index in [1.165, 1.54) is 12.1 Å². The molecule has 0 aliphatic carbocycles. The number of ether oxygens (including phenoxy) is 1. The van der Waals surface area contributed by atoms with E-state index >= 15 is 0 Å². The van der Waals surface area contributed by atoms with Crippen molar-refractivity contribution in [2.45, 2.75) is 13.2 Å². The Morgan fingerprint density at radius 3 is 2.48 bits per heavy atom. The van der Waals surface area contributed by atoms with Gasteiger partial charge in [-0.05, 0) is 69.5 Å². The highest BCUT2D eigenvalue weighted by molar-refractivity contribution is 9.10. The molecule has 5 heteroatoms. The Kier molecular flexibility index (Phi) is 5.95. The van der Waals surface area contributed by atoms with Gasteiger partial charge in [-0.3, -0.25) is 0 Å². The summed E-state index contributed by atoms with van der Waals surface area (Å²) in [6.45, 7) is 1.02. The van der Waals surface area contributed by atoms with E-state index in [0.717, 1.165) is 27.0 Å². The third-order valence-corrected chi connectivity index (χ3v) is 4.87. The summed E-state index contributed by atoms with van der Waals surface area (Å²) in [6.07, 6.45) is 0. The Hall–Kier alpha value is -2.04. The highest BCUT2D eigenvalue weighted by Crippen LogP contribution is 2.26. The standard InChI is InChI=1S/C20H16BrClFNO/c21-19-9-6-17(11-20(19)22)24-12-14-4-7-18(8-5-14)25-13-15-2-1-3-16(23)10-15/h1-11,24H,12-13H2. The fraction of sp³-hybridized carbons (Fsp3) is 0.100. The van der Waals surface area contributed by atoms with Crippen molar-refractivity contribution in [3.05, 3.63) is 93.2 Å². The zero-order valence-corrected chi connectivity index (χ0v) is 15.6. The highest BCUT2D eigenvalue weighted by Gasteiger charge is 2.01. The van der Waals surface area contributed by atoms with Gasteiger partial charge in [0.05, 0.1) is 5.02 Å². The van der Waals surface area contributed by atoms with Gasteiger partial charge < -0.3 is 10.1 Å². The first-order chi connectivity index (χ1) is 12.1. The van der Waals surface area contributed by atoms with Crippen molar-refractivity contribution in [3.63, 3.8) is 0 Å². The first-order valence-electron chi connectivity index (χ1n) is 7.75. The van der Waals surface area contributed by atoms with E-state index in [-0.39, 0.29) is 5.82 Å². The molecule has 1 N–H and O–H groups in total. The minimum atomic E-state index is -0.254. The number of anilines is 1. The predicted octanol–water partition coefficient (Wildman–Crippen LogP) is 6.43. The Balaban J connectivity index is 1.54. The Morgan fingerprint density at radius 2 is 1.76 bits per heavy atom.